The van der Waals surface area contributed by atoms with Gasteiger partial charge in [0.25, 0.3) is 0 Å². The average molecular weight is 299 g/mol. The van der Waals surface area contributed by atoms with E-state index in [0.29, 0.717) is 5.02 Å². The molecule has 1 aromatic heterocycles. The van der Waals surface area contributed by atoms with Gasteiger partial charge in [-0.05, 0) is 47.6 Å². The molecule has 0 saturated carbocycles. The molecule has 0 N–H and O–H groups in total. The van der Waals surface area contributed by atoms with Gasteiger partial charge in [0, 0.05) is 11.7 Å². The van der Waals surface area contributed by atoms with Crippen LogP contribution in [0.3, 0.4) is 0 Å². The van der Waals surface area contributed by atoms with Gasteiger partial charge in [-0.3, -0.25) is 0 Å². The van der Waals surface area contributed by atoms with Crippen molar-refractivity contribution in [2.24, 2.45) is 0 Å². The molecular formula is C14H21BClNO3. The topological polar surface area (TPSA) is 40.6 Å². The number of nitrogens with zero attached hydrogens (tertiary/aromatic N) is 1. The standard InChI is InChI=1S/C14H21BClNO3/c1-9(2)18-12-11(16)7-10(8-17-12)15-19-13(3,4)14(5,6)20-15/h7-9H,1-6H3/i9D. The van der Waals surface area contributed by atoms with Gasteiger partial charge in [-0.2, -0.15) is 0 Å². The van der Waals surface area contributed by atoms with Crippen LogP contribution in [0.4, 0.5) is 0 Å². The fourth-order valence-corrected chi connectivity index (χ4v) is 2.03. The number of hydrogen-bond acceptors (Lipinski definition) is 4. The summed E-state index contributed by atoms with van der Waals surface area (Å²) in [6.45, 7) is 11.2. The second kappa shape index (κ2) is 5.21. The Labute approximate surface area is 127 Å². The van der Waals surface area contributed by atoms with Gasteiger partial charge in [-0.15, -0.1) is 0 Å². The van der Waals surface area contributed by atoms with E-state index in [9.17, 15) is 0 Å². The number of hydrogen-bond donors (Lipinski definition) is 0. The van der Waals surface area contributed by atoms with Crippen LogP contribution in [0, 0.1) is 0 Å². The van der Waals surface area contributed by atoms with Crippen LogP contribution in [0.25, 0.3) is 0 Å². The first-order valence-electron chi connectivity index (χ1n) is 7.11. The van der Waals surface area contributed by atoms with Crippen molar-refractivity contribution in [1.82, 2.24) is 4.98 Å². The lowest BCUT2D eigenvalue weighted by Gasteiger charge is -2.32. The Morgan fingerprint density at radius 2 is 1.85 bits per heavy atom. The van der Waals surface area contributed by atoms with Crippen molar-refractivity contribution in [1.29, 1.82) is 0 Å². The number of rotatable bonds is 3. The zero-order valence-corrected chi connectivity index (χ0v) is 13.5. The smallest absolute Gasteiger partial charge is 0.474 e. The molecule has 4 nitrogen and oxygen atoms in total. The summed E-state index contributed by atoms with van der Waals surface area (Å²) in [6.07, 6.45) is 0.512. The largest absolute Gasteiger partial charge is 0.496 e. The molecule has 0 aromatic carbocycles. The number of aromatic nitrogens is 1. The summed E-state index contributed by atoms with van der Waals surface area (Å²) in [6, 6.07) is 1.71. The molecule has 1 fully saturated rings. The summed E-state index contributed by atoms with van der Waals surface area (Å²) in [5, 5.41) is 0.336. The minimum Gasteiger partial charge on any atom is -0.474 e. The van der Waals surface area contributed by atoms with E-state index in [1.807, 2.05) is 27.7 Å². The fourth-order valence-electron chi connectivity index (χ4n) is 1.82. The van der Waals surface area contributed by atoms with E-state index in [1.54, 1.807) is 26.1 Å². The quantitative estimate of drug-likeness (QED) is 0.805. The zero-order valence-electron chi connectivity index (χ0n) is 13.8. The molecule has 110 valence electrons. The molecule has 2 heterocycles. The second-order valence-electron chi connectivity index (χ2n) is 6.15. The summed E-state index contributed by atoms with van der Waals surface area (Å²) in [4.78, 5) is 4.17. The van der Waals surface area contributed by atoms with Crippen LogP contribution in [0.5, 0.6) is 5.88 Å². The predicted octanol–water partition coefficient (Wildman–Crippen LogP) is 2.82. The first-order valence-corrected chi connectivity index (χ1v) is 6.99. The second-order valence-corrected chi connectivity index (χ2v) is 6.56. The molecule has 0 unspecified atom stereocenters. The van der Waals surface area contributed by atoms with Crippen LogP contribution < -0.4 is 10.2 Å². The van der Waals surface area contributed by atoms with Gasteiger partial charge < -0.3 is 14.0 Å². The van der Waals surface area contributed by atoms with Crippen molar-refractivity contribution in [2.75, 3.05) is 0 Å². The number of pyridine rings is 1. The highest BCUT2D eigenvalue weighted by molar-refractivity contribution is 6.62. The van der Waals surface area contributed by atoms with Crippen LogP contribution in [0.2, 0.25) is 5.02 Å². The monoisotopic (exact) mass is 298 g/mol. The van der Waals surface area contributed by atoms with E-state index in [2.05, 4.69) is 4.98 Å². The van der Waals surface area contributed by atoms with Gasteiger partial charge in [0.1, 0.15) is 5.02 Å². The van der Waals surface area contributed by atoms with Gasteiger partial charge >= 0.3 is 7.12 Å². The van der Waals surface area contributed by atoms with Crippen LogP contribution >= 0.6 is 11.6 Å². The molecule has 0 aliphatic carbocycles. The van der Waals surface area contributed by atoms with Crippen molar-refractivity contribution in [3.05, 3.63) is 17.3 Å². The summed E-state index contributed by atoms with van der Waals surface area (Å²) >= 11 is 6.17. The molecule has 0 bridgehead atoms. The van der Waals surface area contributed by atoms with Gasteiger partial charge in [0.15, 0.2) is 0 Å². The third kappa shape index (κ3) is 2.95. The minimum atomic E-state index is -1.09. The Kier molecular flexibility index (Phi) is 3.69. The molecule has 1 aliphatic heterocycles. The Bertz CT molecular complexity index is 530. The lowest BCUT2D eigenvalue weighted by molar-refractivity contribution is 0.00578. The lowest BCUT2D eigenvalue weighted by Crippen LogP contribution is -2.41. The first kappa shape index (κ1) is 14.2. The number of ether oxygens (including phenoxy) is 1. The highest BCUT2D eigenvalue weighted by Gasteiger charge is 2.51. The van der Waals surface area contributed by atoms with Crippen molar-refractivity contribution < 1.29 is 15.4 Å². The Balaban J connectivity index is 2.22. The van der Waals surface area contributed by atoms with E-state index < -0.39 is 24.4 Å². The zero-order chi connectivity index (χ0) is 16.1. The molecule has 1 saturated heterocycles. The molecule has 20 heavy (non-hydrogen) atoms. The van der Waals surface area contributed by atoms with Crippen LogP contribution in [-0.4, -0.2) is 29.4 Å². The van der Waals surface area contributed by atoms with Crippen LogP contribution in [0.15, 0.2) is 12.3 Å². The highest BCUT2D eigenvalue weighted by atomic mass is 35.5. The maximum atomic E-state index is 7.72. The molecule has 0 spiro atoms. The van der Waals surface area contributed by atoms with E-state index in [-0.39, 0.29) is 5.88 Å². The van der Waals surface area contributed by atoms with Gasteiger partial charge in [-0.25, -0.2) is 4.98 Å². The number of halogens is 1. The average Bonchev–Trinajstić information content (AvgIpc) is 2.49. The molecule has 6 heteroatoms. The van der Waals surface area contributed by atoms with Gasteiger partial charge in [-0.1, -0.05) is 11.6 Å². The molecular weight excluding hydrogens is 276 g/mol. The van der Waals surface area contributed by atoms with Crippen molar-refractivity contribution in [3.8, 4) is 5.88 Å². The third-order valence-corrected chi connectivity index (χ3v) is 3.93. The van der Waals surface area contributed by atoms with E-state index in [4.69, 9.17) is 27.0 Å². The lowest BCUT2D eigenvalue weighted by atomic mass is 9.80. The summed E-state index contributed by atoms with van der Waals surface area (Å²) in [5.74, 6) is 0.233. The normalized spacial score (nSPS) is 21.8. The minimum absolute atomic E-state index is 0.233. The van der Waals surface area contributed by atoms with Gasteiger partial charge in [0.05, 0.1) is 18.7 Å². The molecule has 0 radical (unpaired) electrons. The summed E-state index contributed by atoms with van der Waals surface area (Å²) in [7, 11) is -0.516. The molecule has 0 amide bonds. The Morgan fingerprint density at radius 1 is 1.30 bits per heavy atom. The van der Waals surface area contributed by atoms with Crippen molar-refractivity contribution in [3.63, 3.8) is 0 Å². The first-order chi connectivity index (χ1) is 9.41. The van der Waals surface area contributed by atoms with Crippen LogP contribution in [0.1, 0.15) is 42.9 Å². The SMILES string of the molecule is [2H]C(C)(C)Oc1ncc(B2OC(C)(C)C(C)(C)O2)cc1Cl. The van der Waals surface area contributed by atoms with Gasteiger partial charge in [0.2, 0.25) is 5.88 Å². The maximum absolute atomic E-state index is 7.72. The van der Waals surface area contributed by atoms with E-state index in [0.717, 1.165) is 5.46 Å². The summed E-state index contributed by atoms with van der Waals surface area (Å²) < 4.78 is 25.0. The van der Waals surface area contributed by atoms with E-state index in [1.165, 1.54) is 0 Å². The molecule has 1 aromatic rings. The highest BCUT2D eigenvalue weighted by Crippen LogP contribution is 2.36. The molecule has 0 atom stereocenters. The fraction of sp³-hybridized carbons (Fsp3) is 0.643. The van der Waals surface area contributed by atoms with E-state index >= 15 is 0 Å². The Morgan fingerprint density at radius 3 is 2.30 bits per heavy atom. The Hall–Kier alpha value is -0.775. The van der Waals surface area contributed by atoms with Crippen LogP contribution in [-0.2, 0) is 9.31 Å². The third-order valence-electron chi connectivity index (χ3n) is 3.65. The van der Waals surface area contributed by atoms with Crippen molar-refractivity contribution >= 4 is 24.2 Å². The summed E-state index contributed by atoms with van der Waals surface area (Å²) in [5.41, 5.74) is -0.0980. The predicted molar refractivity (Wildman–Crippen MR) is 80.7 cm³/mol. The molecule has 2 rings (SSSR count). The van der Waals surface area contributed by atoms with Crippen molar-refractivity contribution in [2.45, 2.75) is 58.8 Å². The molecule has 1 aliphatic rings. The maximum Gasteiger partial charge on any atom is 0.496 e.